The summed E-state index contributed by atoms with van der Waals surface area (Å²) in [6.07, 6.45) is 0.925. The van der Waals surface area contributed by atoms with E-state index in [1.54, 1.807) is 7.05 Å². The number of hydrogen-bond donors (Lipinski definition) is 2. The number of thiol groups is 2. The molecule has 0 saturated carbocycles. The van der Waals surface area contributed by atoms with Crippen molar-refractivity contribution in [2.75, 3.05) is 20.1 Å². The van der Waals surface area contributed by atoms with Crippen LogP contribution >= 0.6 is 48.8 Å². The molecule has 0 radical (unpaired) electrons. The van der Waals surface area contributed by atoms with E-state index in [9.17, 15) is 19.2 Å². The number of aldehydes is 1. The number of likely N-dealkylation sites (tertiary alicyclic amines) is 1. The van der Waals surface area contributed by atoms with Crippen LogP contribution in [0.1, 0.15) is 51.7 Å². The van der Waals surface area contributed by atoms with E-state index >= 15 is 0 Å². The fourth-order valence-electron chi connectivity index (χ4n) is 4.50. The van der Waals surface area contributed by atoms with Gasteiger partial charge in [0.05, 0.1) is 10.5 Å². The summed E-state index contributed by atoms with van der Waals surface area (Å²) in [5, 5.41) is -1.12. The number of likely N-dealkylation sites (N-methyl/N-ethyl adjacent to an activating group) is 1. The zero-order valence-electron chi connectivity index (χ0n) is 22.9. The molecule has 0 bridgehead atoms. The highest BCUT2D eigenvalue weighted by atomic mass is 32.2. The van der Waals surface area contributed by atoms with Crippen molar-refractivity contribution >= 4 is 72.8 Å². The first kappa shape index (κ1) is 31.6. The normalized spacial score (nSPS) is 16.9. The van der Waals surface area contributed by atoms with Crippen molar-refractivity contribution in [3.63, 3.8) is 0 Å². The van der Waals surface area contributed by atoms with Gasteiger partial charge >= 0.3 is 0 Å². The second-order valence-corrected chi connectivity index (χ2v) is 15.2. The first-order valence-electron chi connectivity index (χ1n) is 12.7. The second kappa shape index (κ2) is 13.2. The van der Waals surface area contributed by atoms with Gasteiger partial charge in [-0.2, -0.15) is 12.6 Å². The molecular weight excluding hydrogens is 569 g/mol. The molecular formula is C29H36N2O4S4. The third-order valence-electron chi connectivity index (χ3n) is 6.63. The van der Waals surface area contributed by atoms with E-state index in [-0.39, 0.29) is 43.7 Å². The lowest BCUT2D eigenvalue weighted by Crippen LogP contribution is -2.42. The zero-order chi connectivity index (χ0) is 29.0. The smallest absolute Gasteiger partial charge is 0.242 e. The third-order valence-corrected chi connectivity index (χ3v) is 10.0. The number of thioether (sulfide) groups is 2. The van der Waals surface area contributed by atoms with Crippen LogP contribution in [0.25, 0.3) is 0 Å². The Balaban J connectivity index is 1.65. The first-order chi connectivity index (χ1) is 18.3. The van der Waals surface area contributed by atoms with Crippen LogP contribution in [0.2, 0.25) is 0 Å². The Morgan fingerprint density at radius 3 is 2.33 bits per heavy atom. The Morgan fingerprint density at radius 2 is 1.72 bits per heavy atom. The Labute approximate surface area is 250 Å². The van der Waals surface area contributed by atoms with Crippen molar-refractivity contribution in [3.8, 4) is 0 Å². The molecule has 1 saturated heterocycles. The molecule has 6 nitrogen and oxygen atoms in total. The van der Waals surface area contributed by atoms with E-state index in [0.29, 0.717) is 0 Å². The molecule has 2 aromatic carbocycles. The predicted molar refractivity (Wildman–Crippen MR) is 166 cm³/mol. The van der Waals surface area contributed by atoms with Gasteiger partial charge in [-0.1, -0.05) is 36.4 Å². The molecule has 210 valence electrons. The number of amides is 3. The topological polar surface area (TPSA) is 74.8 Å². The summed E-state index contributed by atoms with van der Waals surface area (Å²) < 4.78 is -0.836. The lowest BCUT2D eigenvalue weighted by Gasteiger charge is -2.29. The van der Waals surface area contributed by atoms with E-state index in [1.807, 2.05) is 76.2 Å². The molecule has 0 spiro atoms. The van der Waals surface area contributed by atoms with Gasteiger partial charge < -0.3 is 9.69 Å². The van der Waals surface area contributed by atoms with E-state index in [1.165, 1.54) is 33.3 Å². The summed E-state index contributed by atoms with van der Waals surface area (Å²) in [6, 6.07) is 15.5. The molecule has 3 amide bonds. The van der Waals surface area contributed by atoms with E-state index in [0.717, 1.165) is 27.2 Å². The Bertz CT molecular complexity index is 1230. The molecule has 1 aliphatic heterocycles. The van der Waals surface area contributed by atoms with Gasteiger partial charge in [0, 0.05) is 52.3 Å². The largest absolute Gasteiger partial charge is 0.343 e. The standard InChI is InChI=1S/C29H36N2O4S4/c1-28(2,37)20-11-7-9-13-22(20)38-23(14-17-32)26(34)30(5)15-16-31-25(33)18-24(27(31)35)39-29(3,4)19-10-6-8-12-21(19)36/h6-13,17,23-24,36-37H,14-16,18H2,1-5H3. The Kier molecular flexibility index (Phi) is 10.7. The third kappa shape index (κ3) is 7.86. The van der Waals surface area contributed by atoms with Crippen LogP contribution in [0.5, 0.6) is 0 Å². The van der Waals surface area contributed by atoms with Crippen LogP contribution in [0.15, 0.2) is 58.3 Å². The molecule has 2 unspecified atom stereocenters. The van der Waals surface area contributed by atoms with Crippen LogP contribution in [0.4, 0.5) is 0 Å². The summed E-state index contributed by atoms with van der Waals surface area (Å²) in [4.78, 5) is 55.3. The molecule has 0 aromatic heterocycles. The number of carbonyl (C=O) groups is 4. The maximum Gasteiger partial charge on any atom is 0.242 e. The number of imide groups is 1. The second-order valence-electron chi connectivity index (χ2n) is 10.5. The SMILES string of the molecule is CN(CCN1C(=O)CC(SC(C)(C)c2ccccc2S)C1=O)C(=O)C(CC=O)Sc1ccccc1C(C)(C)S. The molecule has 1 heterocycles. The minimum absolute atomic E-state index is 0.0527. The minimum atomic E-state index is -0.625. The molecule has 1 fully saturated rings. The molecule has 2 aromatic rings. The van der Waals surface area contributed by atoms with Crippen molar-refractivity contribution in [3.05, 3.63) is 59.7 Å². The van der Waals surface area contributed by atoms with Gasteiger partial charge in [-0.3, -0.25) is 19.3 Å². The fourth-order valence-corrected chi connectivity index (χ4v) is 8.13. The highest BCUT2D eigenvalue weighted by Gasteiger charge is 2.42. The molecule has 2 atom stereocenters. The van der Waals surface area contributed by atoms with Crippen molar-refractivity contribution < 1.29 is 19.2 Å². The number of nitrogens with zero attached hydrogens (tertiary/aromatic N) is 2. The lowest BCUT2D eigenvalue weighted by molar-refractivity contribution is -0.140. The van der Waals surface area contributed by atoms with Crippen molar-refractivity contribution in [2.45, 2.75) is 70.3 Å². The summed E-state index contributed by atoms with van der Waals surface area (Å²) in [6.45, 7) is 8.30. The van der Waals surface area contributed by atoms with Gasteiger partial charge in [0.1, 0.15) is 6.29 Å². The number of rotatable bonds is 12. The molecule has 39 heavy (non-hydrogen) atoms. The maximum atomic E-state index is 13.3. The van der Waals surface area contributed by atoms with Crippen LogP contribution in [-0.4, -0.2) is 64.4 Å². The monoisotopic (exact) mass is 604 g/mol. The van der Waals surface area contributed by atoms with Crippen LogP contribution in [0.3, 0.4) is 0 Å². The predicted octanol–water partition coefficient (Wildman–Crippen LogP) is 5.44. The summed E-state index contributed by atoms with van der Waals surface area (Å²) >= 11 is 12.0. The number of benzene rings is 2. The van der Waals surface area contributed by atoms with E-state index in [2.05, 4.69) is 25.3 Å². The van der Waals surface area contributed by atoms with E-state index in [4.69, 9.17) is 0 Å². The van der Waals surface area contributed by atoms with Gasteiger partial charge in [-0.25, -0.2) is 0 Å². The number of hydrogen-bond acceptors (Lipinski definition) is 8. The first-order valence-corrected chi connectivity index (χ1v) is 15.4. The Morgan fingerprint density at radius 1 is 1.10 bits per heavy atom. The highest BCUT2D eigenvalue weighted by Crippen LogP contribution is 2.44. The van der Waals surface area contributed by atoms with Crippen molar-refractivity contribution in [1.29, 1.82) is 0 Å². The van der Waals surface area contributed by atoms with Gasteiger partial charge in [0.2, 0.25) is 17.7 Å². The lowest BCUT2D eigenvalue weighted by atomic mass is 10.0. The quantitative estimate of drug-likeness (QED) is 0.145. The molecule has 0 aliphatic carbocycles. The van der Waals surface area contributed by atoms with Crippen LogP contribution in [-0.2, 0) is 28.7 Å². The Hall–Kier alpha value is -1.88. The zero-order valence-corrected chi connectivity index (χ0v) is 26.3. The van der Waals surface area contributed by atoms with Gasteiger partial charge in [0.15, 0.2) is 0 Å². The van der Waals surface area contributed by atoms with E-state index < -0.39 is 20.0 Å². The summed E-state index contributed by atoms with van der Waals surface area (Å²) in [5.41, 5.74) is 1.98. The van der Waals surface area contributed by atoms with Crippen molar-refractivity contribution in [1.82, 2.24) is 9.80 Å². The van der Waals surface area contributed by atoms with Crippen molar-refractivity contribution in [2.24, 2.45) is 0 Å². The highest BCUT2D eigenvalue weighted by molar-refractivity contribution is 8.01. The van der Waals surface area contributed by atoms with Crippen LogP contribution in [0, 0.1) is 0 Å². The number of carbonyl (C=O) groups excluding carboxylic acids is 4. The minimum Gasteiger partial charge on any atom is -0.343 e. The van der Waals surface area contributed by atoms with Crippen LogP contribution < -0.4 is 0 Å². The molecule has 1 aliphatic rings. The van der Waals surface area contributed by atoms with Gasteiger partial charge in [-0.05, 0) is 51.0 Å². The van der Waals surface area contributed by atoms with Gasteiger partial charge in [-0.15, -0.1) is 36.2 Å². The fraction of sp³-hybridized carbons (Fsp3) is 0.448. The summed E-state index contributed by atoms with van der Waals surface area (Å²) in [7, 11) is 1.64. The molecule has 3 rings (SSSR count). The molecule has 10 heteroatoms. The average molecular weight is 605 g/mol. The van der Waals surface area contributed by atoms with Gasteiger partial charge in [0.25, 0.3) is 0 Å². The summed E-state index contributed by atoms with van der Waals surface area (Å²) in [5.74, 6) is -0.702. The maximum absolute atomic E-state index is 13.3. The average Bonchev–Trinajstić information content (AvgIpc) is 3.12. The molecule has 0 N–H and O–H groups in total.